The van der Waals surface area contributed by atoms with Crippen LogP contribution >= 0.6 is 0 Å². The lowest BCUT2D eigenvalue weighted by Crippen LogP contribution is -2.13. The molecule has 0 radical (unpaired) electrons. The fourth-order valence-electron chi connectivity index (χ4n) is 1.91. The van der Waals surface area contributed by atoms with Crippen molar-refractivity contribution in [2.75, 3.05) is 20.8 Å². The molecule has 18 heavy (non-hydrogen) atoms. The van der Waals surface area contributed by atoms with E-state index in [1.807, 2.05) is 6.08 Å². The van der Waals surface area contributed by atoms with Gasteiger partial charge in [0.25, 0.3) is 0 Å². The lowest BCUT2D eigenvalue weighted by molar-refractivity contribution is 0.0893. The van der Waals surface area contributed by atoms with E-state index < -0.39 is 0 Å². The molecule has 0 aromatic heterocycles. The maximum atomic E-state index is 12.4. The van der Waals surface area contributed by atoms with E-state index in [2.05, 4.69) is 0 Å². The third-order valence-electron chi connectivity index (χ3n) is 2.81. The van der Waals surface area contributed by atoms with Crippen molar-refractivity contribution in [2.45, 2.75) is 12.8 Å². The Kier molecular flexibility index (Phi) is 3.87. The van der Waals surface area contributed by atoms with Gasteiger partial charge in [0.05, 0.1) is 20.8 Å². The number of benzene rings is 1. The molecule has 0 amide bonds. The molecule has 0 aliphatic carbocycles. The van der Waals surface area contributed by atoms with Crippen molar-refractivity contribution in [3.8, 4) is 11.5 Å². The van der Waals surface area contributed by atoms with Crippen LogP contribution in [0.3, 0.4) is 0 Å². The van der Waals surface area contributed by atoms with Gasteiger partial charge in [0.15, 0.2) is 5.76 Å². The van der Waals surface area contributed by atoms with Crippen molar-refractivity contribution < 1.29 is 19.0 Å². The Balaban J connectivity index is 2.42. The van der Waals surface area contributed by atoms with Crippen molar-refractivity contribution in [3.63, 3.8) is 0 Å². The summed E-state index contributed by atoms with van der Waals surface area (Å²) in [7, 11) is 3.06. The zero-order valence-electron chi connectivity index (χ0n) is 10.6. The number of rotatable bonds is 4. The third kappa shape index (κ3) is 2.32. The molecule has 1 heterocycles. The van der Waals surface area contributed by atoms with Crippen molar-refractivity contribution >= 4 is 5.78 Å². The van der Waals surface area contributed by atoms with Crippen LogP contribution in [0.5, 0.6) is 11.5 Å². The zero-order chi connectivity index (χ0) is 13.0. The summed E-state index contributed by atoms with van der Waals surface area (Å²) in [5, 5.41) is 0. The van der Waals surface area contributed by atoms with Crippen LogP contribution < -0.4 is 9.47 Å². The topological polar surface area (TPSA) is 44.8 Å². The summed E-state index contributed by atoms with van der Waals surface area (Å²) in [5.74, 6) is 1.18. The average Bonchev–Trinajstić information content (AvgIpc) is 2.46. The molecule has 96 valence electrons. The predicted molar refractivity (Wildman–Crippen MR) is 67.1 cm³/mol. The van der Waals surface area contributed by atoms with Crippen molar-refractivity contribution in [1.29, 1.82) is 0 Å². The molecule has 1 aromatic carbocycles. The number of methoxy groups -OCH3 is 2. The Morgan fingerprint density at radius 3 is 2.39 bits per heavy atom. The van der Waals surface area contributed by atoms with Gasteiger partial charge >= 0.3 is 0 Å². The van der Waals surface area contributed by atoms with Gasteiger partial charge < -0.3 is 14.2 Å². The second kappa shape index (κ2) is 5.58. The van der Waals surface area contributed by atoms with Gasteiger partial charge in [0, 0.05) is 0 Å². The second-order valence-corrected chi connectivity index (χ2v) is 3.93. The molecule has 2 rings (SSSR count). The Morgan fingerprint density at radius 2 is 1.89 bits per heavy atom. The molecular weight excluding hydrogens is 232 g/mol. The minimum atomic E-state index is -0.191. The summed E-state index contributed by atoms with van der Waals surface area (Å²) in [4.78, 5) is 12.4. The van der Waals surface area contributed by atoms with E-state index in [1.165, 1.54) is 14.2 Å². The molecule has 0 bridgehead atoms. The first-order valence-electron chi connectivity index (χ1n) is 5.86. The van der Waals surface area contributed by atoms with Gasteiger partial charge in [-0.3, -0.25) is 4.79 Å². The predicted octanol–water partition coefficient (Wildman–Crippen LogP) is 2.58. The van der Waals surface area contributed by atoms with E-state index in [1.54, 1.807) is 18.2 Å². The number of hydrogen-bond acceptors (Lipinski definition) is 4. The van der Waals surface area contributed by atoms with Crippen LogP contribution in [0.15, 0.2) is 30.0 Å². The molecule has 0 saturated heterocycles. The number of ketones is 1. The quantitative estimate of drug-likeness (QED) is 0.768. The van der Waals surface area contributed by atoms with Crippen molar-refractivity contribution in [2.24, 2.45) is 0 Å². The maximum absolute atomic E-state index is 12.4. The van der Waals surface area contributed by atoms with Gasteiger partial charge in [0.2, 0.25) is 5.78 Å². The van der Waals surface area contributed by atoms with E-state index in [0.717, 1.165) is 12.8 Å². The Hall–Kier alpha value is -1.97. The zero-order valence-corrected chi connectivity index (χ0v) is 10.6. The van der Waals surface area contributed by atoms with Gasteiger partial charge in [0.1, 0.15) is 17.1 Å². The molecule has 1 aromatic rings. The normalized spacial score (nSPS) is 14.4. The second-order valence-electron chi connectivity index (χ2n) is 3.93. The van der Waals surface area contributed by atoms with Crippen molar-refractivity contribution in [1.82, 2.24) is 0 Å². The third-order valence-corrected chi connectivity index (χ3v) is 2.81. The van der Waals surface area contributed by atoms with Gasteiger partial charge in [-0.05, 0) is 31.1 Å². The van der Waals surface area contributed by atoms with Gasteiger partial charge in [-0.25, -0.2) is 0 Å². The maximum Gasteiger partial charge on any atom is 0.234 e. The number of carbonyl (C=O) groups is 1. The molecule has 0 unspecified atom stereocenters. The molecule has 1 aliphatic rings. The van der Waals surface area contributed by atoms with Crippen molar-refractivity contribution in [3.05, 3.63) is 35.6 Å². The largest absolute Gasteiger partial charge is 0.496 e. The number of ether oxygens (including phenoxy) is 3. The highest BCUT2D eigenvalue weighted by Crippen LogP contribution is 2.31. The molecular formula is C14H16O4. The SMILES string of the molecule is COc1cccc(OC)c1C(=O)C1=CCCCO1. The Morgan fingerprint density at radius 1 is 1.22 bits per heavy atom. The highest BCUT2D eigenvalue weighted by Gasteiger charge is 2.23. The number of Topliss-reactive ketones (excluding diaryl/α,β-unsaturated/α-hetero) is 1. The van der Waals surface area contributed by atoms with E-state index in [9.17, 15) is 4.79 Å². The molecule has 0 atom stereocenters. The van der Waals surface area contributed by atoms with Crippen LogP contribution in [0.25, 0.3) is 0 Å². The monoisotopic (exact) mass is 248 g/mol. The van der Waals surface area contributed by atoms with E-state index >= 15 is 0 Å². The number of carbonyl (C=O) groups excluding carboxylic acids is 1. The average molecular weight is 248 g/mol. The lowest BCUT2D eigenvalue weighted by Gasteiger charge is -2.16. The molecule has 0 N–H and O–H groups in total. The summed E-state index contributed by atoms with van der Waals surface area (Å²) in [6.45, 7) is 0.578. The van der Waals surface area contributed by atoms with Crippen LogP contribution in [-0.2, 0) is 4.74 Å². The van der Waals surface area contributed by atoms with Crippen LogP contribution in [0.4, 0.5) is 0 Å². The van der Waals surface area contributed by atoms with E-state index in [4.69, 9.17) is 14.2 Å². The summed E-state index contributed by atoms with van der Waals surface area (Å²) >= 11 is 0. The molecule has 4 heteroatoms. The minimum absolute atomic E-state index is 0.191. The standard InChI is InChI=1S/C14H16O4/c1-16-10-7-5-8-11(17-2)13(10)14(15)12-6-3-4-9-18-12/h5-8H,3-4,9H2,1-2H3. The highest BCUT2D eigenvalue weighted by molar-refractivity contribution is 6.11. The minimum Gasteiger partial charge on any atom is -0.496 e. The summed E-state index contributed by atoms with van der Waals surface area (Å²) in [6, 6.07) is 5.25. The van der Waals surface area contributed by atoms with E-state index in [0.29, 0.717) is 29.4 Å². The smallest absolute Gasteiger partial charge is 0.234 e. The van der Waals surface area contributed by atoms with Gasteiger partial charge in [-0.1, -0.05) is 6.07 Å². The molecule has 1 aliphatic heterocycles. The van der Waals surface area contributed by atoms with Gasteiger partial charge in [-0.15, -0.1) is 0 Å². The lowest BCUT2D eigenvalue weighted by atomic mass is 10.0. The molecule has 0 spiro atoms. The molecule has 0 saturated carbocycles. The van der Waals surface area contributed by atoms with Crippen LogP contribution in [0.1, 0.15) is 23.2 Å². The fraction of sp³-hybridized carbons (Fsp3) is 0.357. The van der Waals surface area contributed by atoms with Crippen LogP contribution in [0.2, 0.25) is 0 Å². The Labute approximate surface area is 106 Å². The number of allylic oxidation sites excluding steroid dienone is 2. The first-order chi connectivity index (χ1) is 8.77. The summed E-state index contributed by atoms with van der Waals surface area (Å²) < 4.78 is 15.8. The molecule has 0 fully saturated rings. The Bertz CT molecular complexity index is 454. The van der Waals surface area contributed by atoms with E-state index in [-0.39, 0.29) is 5.78 Å². The molecule has 4 nitrogen and oxygen atoms in total. The fourth-order valence-corrected chi connectivity index (χ4v) is 1.91. The number of hydrogen-bond donors (Lipinski definition) is 0. The van der Waals surface area contributed by atoms with Gasteiger partial charge in [-0.2, -0.15) is 0 Å². The summed E-state index contributed by atoms with van der Waals surface area (Å²) in [5.41, 5.74) is 0.413. The van der Waals surface area contributed by atoms with Crippen LogP contribution in [0, 0.1) is 0 Å². The highest BCUT2D eigenvalue weighted by atomic mass is 16.5. The summed E-state index contributed by atoms with van der Waals surface area (Å²) in [6.07, 6.45) is 3.62. The van der Waals surface area contributed by atoms with Crippen LogP contribution in [-0.4, -0.2) is 26.6 Å². The first-order valence-corrected chi connectivity index (χ1v) is 5.86. The first kappa shape index (κ1) is 12.5.